The Hall–Kier alpha value is -1.34. The van der Waals surface area contributed by atoms with E-state index in [1.165, 1.54) is 0 Å². The SMILES string of the molecule is CCC1(CC)NC(=O)N(CC(=O)NCC(N)C2CC2)C1=O.Cl. The van der Waals surface area contributed by atoms with E-state index in [2.05, 4.69) is 10.6 Å². The standard InChI is InChI=1S/C14H24N4O3.ClH/c1-3-14(4-2)12(20)18(13(21)17-14)8-11(19)16-7-10(15)9-5-6-9;/h9-10H,3-8,15H2,1-2H3,(H,16,19)(H,17,21);1H. The van der Waals surface area contributed by atoms with E-state index < -0.39 is 11.6 Å². The third-order valence-corrected chi connectivity index (χ3v) is 4.52. The van der Waals surface area contributed by atoms with E-state index in [1.54, 1.807) is 0 Å². The summed E-state index contributed by atoms with van der Waals surface area (Å²) in [4.78, 5) is 37.1. The molecular formula is C14H25ClN4O3. The molecule has 2 rings (SSSR count). The van der Waals surface area contributed by atoms with Crippen molar-refractivity contribution in [2.75, 3.05) is 13.1 Å². The number of imide groups is 1. The first kappa shape index (κ1) is 18.7. The van der Waals surface area contributed by atoms with Gasteiger partial charge in [0.25, 0.3) is 5.91 Å². The second-order valence-electron chi connectivity index (χ2n) is 5.92. The Morgan fingerprint density at radius 2 is 2.00 bits per heavy atom. The van der Waals surface area contributed by atoms with Gasteiger partial charge in [-0.25, -0.2) is 4.79 Å². The van der Waals surface area contributed by atoms with Crippen molar-refractivity contribution in [2.45, 2.75) is 51.1 Å². The van der Waals surface area contributed by atoms with Gasteiger partial charge >= 0.3 is 6.03 Å². The van der Waals surface area contributed by atoms with E-state index in [4.69, 9.17) is 5.73 Å². The Morgan fingerprint density at radius 3 is 2.45 bits per heavy atom. The van der Waals surface area contributed by atoms with E-state index in [9.17, 15) is 14.4 Å². The lowest BCUT2D eigenvalue weighted by molar-refractivity contribution is -0.135. The Kier molecular flexibility index (Phi) is 6.19. The molecule has 8 heteroatoms. The van der Waals surface area contributed by atoms with Crippen LogP contribution in [0.2, 0.25) is 0 Å². The van der Waals surface area contributed by atoms with Gasteiger partial charge in [0.1, 0.15) is 12.1 Å². The van der Waals surface area contributed by atoms with E-state index >= 15 is 0 Å². The molecule has 0 spiro atoms. The third kappa shape index (κ3) is 3.70. The zero-order valence-corrected chi connectivity index (χ0v) is 13.9. The molecule has 0 aromatic rings. The molecule has 1 unspecified atom stereocenters. The number of hydrogen-bond acceptors (Lipinski definition) is 4. The van der Waals surface area contributed by atoms with Crippen molar-refractivity contribution in [2.24, 2.45) is 11.7 Å². The van der Waals surface area contributed by atoms with Crippen molar-refractivity contribution in [1.82, 2.24) is 15.5 Å². The average molecular weight is 333 g/mol. The molecule has 7 nitrogen and oxygen atoms in total. The summed E-state index contributed by atoms with van der Waals surface area (Å²) in [5.41, 5.74) is 5.04. The Labute approximate surface area is 136 Å². The van der Waals surface area contributed by atoms with Crippen molar-refractivity contribution < 1.29 is 14.4 Å². The van der Waals surface area contributed by atoms with Gasteiger partial charge in [0.15, 0.2) is 0 Å². The Bertz CT molecular complexity index is 449. The smallest absolute Gasteiger partial charge is 0.325 e. The van der Waals surface area contributed by atoms with Crippen LogP contribution in [-0.2, 0) is 9.59 Å². The van der Waals surface area contributed by atoms with Gasteiger partial charge in [-0.05, 0) is 31.6 Å². The number of halogens is 1. The van der Waals surface area contributed by atoms with Crippen LogP contribution in [0.25, 0.3) is 0 Å². The molecule has 1 atom stereocenters. The number of amides is 4. The predicted octanol–water partition coefficient (Wildman–Crippen LogP) is 0.372. The summed E-state index contributed by atoms with van der Waals surface area (Å²) in [5.74, 6) is -0.174. The minimum absolute atomic E-state index is 0. The monoisotopic (exact) mass is 332 g/mol. The van der Waals surface area contributed by atoms with Gasteiger partial charge in [0.2, 0.25) is 5.91 Å². The summed E-state index contributed by atoms with van der Waals surface area (Å²) < 4.78 is 0. The molecule has 126 valence electrons. The normalized spacial score (nSPS) is 21.1. The predicted molar refractivity (Wildman–Crippen MR) is 84.5 cm³/mol. The van der Waals surface area contributed by atoms with Crippen LogP contribution in [0, 0.1) is 5.92 Å². The van der Waals surface area contributed by atoms with Gasteiger partial charge < -0.3 is 16.4 Å². The van der Waals surface area contributed by atoms with Gasteiger partial charge in [-0.2, -0.15) is 0 Å². The number of urea groups is 1. The van der Waals surface area contributed by atoms with E-state index in [1.807, 2.05) is 13.8 Å². The molecule has 4 amide bonds. The molecule has 1 saturated heterocycles. The molecule has 1 saturated carbocycles. The van der Waals surface area contributed by atoms with Crippen molar-refractivity contribution in [3.63, 3.8) is 0 Å². The molecule has 4 N–H and O–H groups in total. The molecule has 1 aliphatic heterocycles. The van der Waals surface area contributed by atoms with E-state index in [-0.39, 0.29) is 36.8 Å². The maximum absolute atomic E-state index is 12.3. The summed E-state index contributed by atoms with van der Waals surface area (Å²) in [7, 11) is 0. The van der Waals surface area contributed by atoms with Crippen LogP contribution in [0.15, 0.2) is 0 Å². The van der Waals surface area contributed by atoms with Crippen LogP contribution >= 0.6 is 12.4 Å². The first-order valence-electron chi connectivity index (χ1n) is 7.60. The molecule has 0 bridgehead atoms. The van der Waals surface area contributed by atoms with Gasteiger partial charge in [0.05, 0.1) is 0 Å². The highest BCUT2D eigenvalue weighted by atomic mass is 35.5. The van der Waals surface area contributed by atoms with Gasteiger partial charge in [0, 0.05) is 12.6 Å². The highest BCUT2D eigenvalue weighted by molar-refractivity contribution is 6.08. The number of carbonyl (C=O) groups excluding carboxylic acids is 3. The number of nitrogens with two attached hydrogens (primary N) is 1. The molecule has 2 fully saturated rings. The number of carbonyl (C=O) groups is 3. The Morgan fingerprint density at radius 1 is 1.41 bits per heavy atom. The lowest BCUT2D eigenvalue weighted by Gasteiger charge is -2.23. The van der Waals surface area contributed by atoms with Crippen LogP contribution < -0.4 is 16.4 Å². The zero-order valence-electron chi connectivity index (χ0n) is 13.1. The second kappa shape index (κ2) is 7.28. The van der Waals surface area contributed by atoms with Crippen LogP contribution in [0.1, 0.15) is 39.5 Å². The average Bonchev–Trinajstić information content (AvgIpc) is 3.28. The van der Waals surface area contributed by atoms with Gasteiger partial charge in [-0.1, -0.05) is 13.8 Å². The minimum Gasteiger partial charge on any atom is -0.353 e. The zero-order chi connectivity index (χ0) is 15.6. The first-order chi connectivity index (χ1) is 9.93. The van der Waals surface area contributed by atoms with Gasteiger partial charge in [-0.3, -0.25) is 14.5 Å². The molecule has 0 aromatic heterocycles. The lowest BCUT2D eigenvalue weighted by Crippen LogP contribution is -2.47. The number of rotatable bonds is 7. The number of nitrogens with zero attached hydrogens (tertiary/aromatic N) is 1. The van der Waals surface area contributed by atoms with Crippen LogP contribution in [0.5, 0.6) is 0 Å². The maximum atomic E-state index is 12.3. The number of hydrogen-bond donors (Lipinski definition) is 3. The van der Waals surface area contributed by atoms with Crippen molar-refractivity contribution in [1.29, 1.82) is 0 Å². The van der Waals surface area contributed by atoms with Crippen molar-refractivity contribution in [3.8, 4) is 0 Å². The largest absolute Gasteiger partial charge is 0.353 e. The van der Waals surface area contributed by atoms with Crippen molar-refractivity contribution >= 4 is 30.3 Å². The molecule has 0 aromatic carbocycles. The lowest BCUT2D eigenvalue weighted by atomic mass is 9.93. The molecule has 1 aliphatic carbocycles. The summed E-state index contributed by atoms with van der Waals surface area (Å²) in [6.07, 6.45) is 3.25. The van der Waals surface area contributed by atoms with E-state index in [0.29, 0.717) is 25.3 Å². The van der Waals surface area contributed by atoms with Gasteiger partial charge in [-0.15, -0.1) is 12.4 Å². The van der Waals surface area contributed by atoms with Crippen LogP contribution in [-0.4, -0.2) is 47.4 Å². The Balaban J connectivity index is 0.00000242. The summed E-state index contributed by atoms with van der Waals surface area (Å²) in [5, 5.41) is 5.40. The fourth-order valence-corrected chi connectivity index (χ4v) is 2.67. The summed E-state index contributed by atoms with van der Waals surface area (Å²) >= 11 is 0. The number of nitrogens with one attached hydrogen (secondary N) is 2. The van der Waals surface area contributed by atoms with Crippen molar-refractivity contribution in [3.05, 3.63) is 0 Å². The summed E-state index contributed by atoms with van der Waals surface area (Å²) in [6.45, 7) is 3.84. The molecule has 22 heavy (non-hydrogen) atoms. The molecule has 2 aliphatic rings. The first-order valence-corrected chi connectivity index (χ1v) is 7.60. The molecular weight excluding hydrogens is 308 g/mol. The molecule has 1 heterocycles. The summed E-state index contributed by atoms with van der Waals surface area (Å²) in [6, 6.07) is -0.534. The third-order valence-electron chi connectivity index (χ3n) is 4.52. The maximum Gasteiger partial charge on any atom is 0.325 e. The topological polar surface area (TPSA) is 105 Å². The molecule has 0 radical (unpaired) electrons. The quantitative estimate of drug-likeness (QED) is 0.586. The minimum atomic E-state index is -0.859. The highest BCUT2D eigenvalue weighted by Gasteiger charge is 2.49. The van der Waals surface area contributed by atoms with E-state index in [0.717, 1.165) is 17.7 Å². The highest BCUT2D eigenvalue weighted by Crippen LogP contribution is 2.31. The van der Waals surface area contributed by atoms with Crippen LogP contribution in [0.4, 0.5) is 4.79 Å². The fourth-order valence-electron chi connectivity index (χ4n) is 2.67. The second-order valence-corrected chi connectivity index (χ2v) is 5.92. The van der Waals surface area contributed by atoms with Crippen LogP contribution in [0.3, 0.4) is 0 Å². The fraction of sp³-hybridized carbons (Fsp3) is 0.786.